The van der Waals surface area contributed by atoms with Crippen LogP contribution < -0.4 is 0 Å². The summed E-state index contributed by atoms with van der Waals surface area (Å²) in [7, 11) is 0. The highest BCUT2D eigenvalue weighted by atomic mass is 15.0. The molecule has 1 aliphatic carbocycles. The van der Waals surface area contributed by atoms with Crippen molar-refractivity contribution in [1.82, 2.24) is 15.0 Å². The van der Waals surface area contributed by atoms with E-state index in [9.17, 15) is 0 Å². The maximum absolute atomic E-state index is 5.19. The molecule has 11 aromatic rings. The van der Waals surface area contributed by atoms with Crippen molar-refractivity contribution >= 4 is 32.3 Å². The van der Waals surface area contributed by atoms with E-state index >= 15 is 0 Å². The zero-order valence-corrected chi connectivity index (χ0v) is 35.0. The molecule has 10 aromatic carbocycles. The predicted molar refractivity (Wildman–Crippen MR) is 263 cm³/mol. The topological polar surface area (TPSA) is 38.7 Å². The first-order chi connectivity index (χ1) is 31.0. The van der Waals surface area contributed by atoms with E-state index in [1.165, 1.54) is 76.8 Å². The molecule has 0 atom stereocenters. The third-order valence-electron chi connectivity index (χ3n) is 13.1. The average molecular weight is 804 g/mol. The van der Waals surface area contributed by atoms with E-state index < -0.39 is 0 Å². The van der Waals surface area contributed by atoms with Crippen molar-refractivity contribution < 1.29 is 0 Å². The van der Waals surface area contributed by atoms with E-state index in [2.05, 4.69) is 220 Å². The highest BCUT2D eigenvalue weighted by Crippen LogP contribution is 2.52. The van der Waals surface area contributed by atoms with Crippen molar-refractivity contribution in [1.29, 1.82) is 0 Å². The fourth-order valence-corrected chi connectivity index (χ4v) is 10.0. The number of fused-ring (bicyclic) bond motifs is 7. The van der Waals surface area contributed by atoms with E-state index in [1.54, 1.807) is 0 Å². The van der Waals surface area contributed by atoms with E-state index in [4.69, 9.17) is 15.0 Å². The van der Waals surface area contributed by atoms with Gasteiger partial charge in [0.1, 0.15) is 0 Å². The van der Waals surface area contributed by atoms with Gasteiger partial charge >= 0.3 is 0 Å². The molecule has 0 unspecified atom stereocenters. The minimum absolute atomic E-state index is 0.111. The lowest BCUT2D eigenvalue weighted by atomic mass is 9.79. The first-order valence-corrected chi connectivity index (χ1v) is 21.7. The molecular weight excluding hydrogens is 763 g/mol. The number of rotatable bonds is 6. The lowest BCUT2D eigenvalue weighted by molar-refractivity contribution is 0.662. The van der Waals surface area contributed by atoms with Gasteiger partial charge in [0.2, 0.25) is 0 Å². The Hall–Kier alpha value is -8.01. The van der Waals surface area contributed by atoms with Crippen LogP contribution in [0.3, 0.4) is 0 Å². The summed E-state index contributed by atoms with van der Waals surface area (Å²) in [5.41, 5.74) is 15.2. The Morgan fingerprint density at radius 3 is 1.48 bits per heavy atom. The largest absolute Gasteiger partial charge is 0.208 e. The van der Waals surface area contributed by atoms with Gasteiger partial charge < -0.3 is 0 Å². The summed E-state index contributed by atoms with van der Waals surface area (Å²) < 4.78 is 0. The number of hydrogen-bond donors (Lipinski definition) is 0. The predicted octanol–water partition coefficient (Wildman–Crippen LogP) is 15.6. The van der Waals surface area contributed by atoms with Gasteiger partial charge in [-0.2, -0.15) is 0 Å². The molecule has 12 rings (SSSR count). The fourth-order valence-electron chi connectivity index (χ4n) is 10.0. The van der Waals surface area contributed by atoms with Gasteiger partial charge in [0.05, 0.1) is 0 Å². The van der Waals surface area contributed by atoms with Crippen LogP contribution in [0.1, 0.15) is 25.0 Å². The molecule has 0 saturated carbocycles. The Labute approximate surface area is 367 Å². The second-order valence-electron chi connectivity index (χ2n) is 17.2. The highest BCUT2D eigenvalue weighted by Gasteiger charge is 2.37. The van der Waals surface area contributed by atoms with E-state index in [0.717, 1.165) is 27.8 Å². The lowest BCUT2D eigenvalue weighted by Gasteiger charge is -2.24. The molecule has 0 fully saturated rings. The van der Waals surface area contributed by atoms with Gasteiger partial charge in [0.25, 0.3) is 0 Å². The molecule has 1 aliphatic rings. The van der Waals surface area contributed by atoms with Crippen LogP contribution in [0.4, 0.5) is 0 Å². The summed E-state index contributed by atoms with van der Waals surface area (Å²) in [5, 5.41) is 7.45. The monoisotopic (exact) mass is 803 g/mol. The lowest BCUT2D eigenvalue weighted by Crippen LogP contribution is -2.16. The zero-order chi connectivity index (χ0) is 42.1. The molecule has 0 radical (unpaired) electrons. The Bertz CT molecular complexity index is 3550. The molecule has 296 valence electrons. The molecule has 3 nitrogen and oxygen atoms in total. The maximum Gasteiger partial charge on any atom is 0.164 e. The SMILES string of the molecule is CC1(C)c2ccccc2-c2cccc(-c3ccc(-c4nc(-c5ccc(-c6ccccc6)cc5)nc(-c5ccc(-c6c7ccccc7cc7c6ccc6ccccc67)cc5)n4)cc3)c21. The molecule has 0 spiro atoms. The van der Waals surface area contributed by atoms with Crippen LogP contribution in [0.25, 0.3) is 111 Å². The molecule has 63 heavy (non-hydrogen) atoms. The second-order valence-corrected chi connectivity index (χ2v) is 17.2. The van der Waals surface area contributed by atoms with Crippen molar-refractivity contribution in [2.45, 2.75) is 19.3 Å². The van der Waals surface area contributed by atoms with Crippen LogP contribution in [0.5, 0.6) is 0 Å². The van der Waals surface area contributed by atoms with Crippen LogP contribution >= 0.6 is 0 Å². The highest BCUT2D eigenvalue weighted by molar-refractivity contribution is 6.20. The van der Waals surface area contributed by atoms with Crippen LogP contribution in [0.15, 0.2) is 212 Å². The molecule has 3 heteroatoms. The normalized spacial score (nSPS) is 12.7. The zero-order valence-electron chi connectivity index (χ0n) is 35.0. The summed E-state index contributed by atoms with van der Waals surface area (Å²) in [6.45, 7) is 4.68. The smallest absolute Gasteiger partial charge is 0.164 e. The van der Waals surface area contributed by atoms with Crippen molar-refractivity contribution in [3.05, 3.63) is 223 Å². The first-order valence-electron chi connectivity index (χ1n) is 21.7. The summed E-state index contributed by atoms with van der Waals surface area (Å²) in [4.78, 5) is 15.5. The van der Waals surface area contributed by atoms with Crippen LogP contribution in [0, 0.1) is 0 Å². The standard InChI is InChI=1S/C60H41N3/c1-60(2)54-22-11-10-19-50(54)52-21-12-20-49(56(52)60)41-25-31-44(32-26-41)58-61-57(43-29-23-39(24-30-43)38-13-4-3-5-14-38)62-59(63-58)45-33-27-42(28-34-45)55-48-18-9-7-16-46(48)37-53-47-17-8-6-15-40(47)35-36-51(53)55/h3-37H,1-2H3. The molecule has 0 bridgehead atoms. The van der Waals surface area contributed by atoms with Gasteiger partial charge in [-0.3, -0.25) is 0 Å². The summed E-state index contributed by atoms with van der Waals surface area (Å²) >= 11 is 0. The van der Waals surface area contributed by atoms with Crippen molar-refractivity contribution in [2.75, 3.05) is 0 Å². The van der Waals surface area contributed by atoms with Gasteiger partial charge in [0.15, 0.2) is 17.5 Å². The summed E-state index contributed by atoms with van der Waals surface area (Å²) in [6, 6.07) is 76.2. The Balaban J connectivity index is 0.963. The Morgan fingerprint density at radius 2 is 0.794 bits per heavy atom. The molecule has 0 aliphatic heterocycles. The third kappa shape index (κ3) is 6.15. The minimum Gasteiger partial charge on any atom is -0.208 e. The average Bonchev–Trinajstić information content (AvgIpc) is 3.59. The summed E-state index contributed by atoms with van der Waals surface area (Å²) in [6.07, 6.45) is 0. The molecule has 0 N–H and O–H groups in total. The third-order valence-corrected chi connectivity index (χ3v) is 13.1. The van der Waals surface area contributed by atoms with Crippen LogP contribution in [0.2, 0.25) is 0 Å². The van der Waals surface area contributed by atoms with E-state index in [1.807, 2.05) is 6.07 Å². The second kappa shape index (κ2) is 14.6. The molecular formula is C60H41N3. The minimum atomic E-state index is -0.111. The molecule has 1 aromatic heterocycles. The van der Waals surface area contributed by atoms with Gasteiger partial charge in [-0.25, -0.2) is 15.0 Å². The van der Waals surface area contributed by atoms with Gasteiger partial charge in [0, 0.05) is 22.1 Å². The fraction of sp³-hybridized carbons (Fsp3) is 0.0500. The Morgan fingerprint density at radius 1 is 0.302 bits per heavy atom. The van der Waals surface area contributed by atoms with Gasteiger partial charge in [-0.1, -0.05) is 220 Å². The molecule has 1 heterocycles. The summed E-state index contributed by atoms with van der Waals surface area (Å²) in [5.74, 6) is 1.90. The van der Waals surface area contributed by atoms with Crippen molar-refractivity contribution in [2.24, 2.45) is 0 Å². The number of aromatic nitrogens is 3. The van der Waals surface area contributed by atoms with Crippen LogP contribution in [-0.2, 0) is 5.41 Å². The Kier molecular flexibility index (Phi) is 8.52. The maximum atomic E-state index is 5.19. The molecule has 0 saturated heterocycles. The van der Waals surface area contributed by atoms with E-state index in [-0.39, 0.29) is 5.41 Å². The first kappa shape index (κ1) is 36.8. The van der Waals surface area contributed by atoms with Crippen molar-refractivity contribution in [3.8, 4) is 78.7 Å². The van der Waals surface area contributed by atoms with Crippen molar-refractivity contribution in [3.63, 3.8) is 0 Å². The van der Waals surface area contributed by atoms with E-state index in [0.29, 0.717) is 17.5 Å². The van der Waals surface area contributed by atoms with Crippen LogP contribution in [-0.4, -0.2) is 15.0 Å². The van der Waals surface area contributed by atoms with Gasteiger partial charge in [-0.15, -0.1) is 0 Å². The number of benzene rings is 10. The number of hydrogen-bond acceptors (Lipinski definition) is 3. The van der Waals surface area contributed by atoms with Gasteiger partial charge in [-0.05, 0) is 94.0 Å². The quantitative estimate of drug-likeness (QED) is 0.124. The molecule has 0 amide bonds. The number of nitrogens with zero attached hydrogens (tertiary/aromatic N) is 3.